The van der Waals surface area contributed by atoms with E-state index in [1.165, 1.54) is 7.11 Å². The highest BCUT2D eigenvalue weighted by atomic mass is 16.7. The fourth-order valence-electron chi connectivity index (χ4n) is 2.99. The Morgan fingerprint density at radius 1 is 0.833 bits per heavy atom. The van der Waals surface area contributed by atoms with Gasteiger partial charge in [0, 0.05) is 27.9 Å². The first-order valence-corrected chi connectivity index (χ1v) is 9.15. The van der Waals surface area contributed by atoms with E-state index in [4.69, 9.17) is 28.4 Å². The van der Waals surface area contributed by atoms with Gasteiger partial charge in [0.25, 0.3) is 0 Å². The van der Waals surface area contributed by atoms with Crippen molar-refractivity contribution in [2.75, 3.05) is 13.7 Å². The molecule has 1 aromatic rings. The van der Waals surface area contributed by atoms with E-state index in [2.05, 4.69) is 0 Å². The molecule has 2 rings (SSSR count). The van der Waals surface area contributed by atoms with E-state index in [-0.39, 0.29) is 6.61 Å². The monoisotopic (exact) mass is 424 g/mol. The van der Waals surface area contributed by atoms with Gasteiger partial charge in [-0.05, 0) is 12.1 Å². The molecule has 0 radical (unpaired) electrons. The summed E-state index contributed by atoms with van der Waals surface area (Å²) < 4.78 is 32.0. The lowest BCUT2D eigenvalue weighted by molar-refractivity contribution is -0.301. The Labute approximate surface area is 173 Å². The van der Waals surface area contributed by atoms with Crippen LogP contribution in [-0.2, 0) is 42.8 Å². The van der Waals surface area contributed by atoms with E-state index in [1.807, 2.05) is 0 Å². The van der Waals surface area contributed by atoms with Gasteiger partial charge in [0.05, 0.1) is 5.56 Å². The van der Waals surface area contributed by atoms with Crippen LogP contribution in [0.2, 0.25) is 0 Å². The number of ether oxygens (including phenoxy) is 6. The zero-order valence-electron chi connectivity index (χ0n) is 17.1. The molecular formula is C20H24O10. The lowest BCUT2D eigenvalue weighted by atomic mass is 9.98. The van der Waals surface area contributed by atoms with E-state index < -0.39 is 54.6 Å². The molecular weight excluding hydrogens is 400 g/mol. The third-order valence-corrected chi connectivity index (χ3v) is 4.12. The minimum Gasteiger partial charge on any atom is -0.459 e. The van der Waals surface area contributed by atoms with Gasteiger partial charge in [0.2, 0.25) is 0 Å². The predicted octanol–water partition coefficient (Wildman–Crippen LogP) is 1.01. The fraction of sp³-hybridized carbons (Fsp3) is 0.500. The summed E-state index contributed by atoms with van der Waals surface area (Å²) in [6.07, 6.45) is -5.88. The zero-order chi connectivity index (χ0) is 22.3. The Kier molecular flexibility index (Phi) is 8.31. The van der Waals surface area contributed by atoms with Crippen LogP contribution in [0.4, 0.5) is 0 Å². The van der Waals surface area contributed by atoms with Crippen molar-refractivity contribution < 1.29 is 47.6 Å². The summed E-state index contributed by atoms with van der Waals surface area (Å²) in [6, 6.07) is 8.25. The molecule has 0 spiro atoms. The second-order valence-corrected chi connectivity index (χ2v) is 6.47. The summed E-state index contributed by atoms with van der Waals surface area (Å²) in [5, 5.41) is 0. The first-order valence-electron chi connectivity index (χ1n) is 9.15. The van der Waals surface area contributed by atoms with E-state index in [0.717, 1.165) is 20.8 Å². The maximum atomic E-state index is 12.3. The molecule has 0 aromatic heterocycles. The molecule has 0 bridgehead atoms. The number of benzene rings is 1. The van der Waals surface area contributed by atoms with Crippen molar-refractivity contribution in [3.8, 4) is 0 Å². The topological polar surface area (TPSA) is 124 Å². The van der Waals surface area contributed by atoms with Gasteiger partial charge in [0.15, 0.2) is 24.6 Å². The number of hydrogen-bond donors (Lipinski definition) is 0. The van der Waals surface area contributed by atoms with Crippen molar-refractivity contribution in [2.24, 2.45) is 0 Å². The van der Waals surface area contributed by atoms with Gasteiger partial charge in [-0.3, -0.25) is 14.4 Å². The second kappa shape index (κ2) is 10.7. The third-order valence-electron chi connectivity index (χ3n) is 4.12. The number of rotatable bonds is 7. The van der Waals surface area contributed by atoms with Crippen LogP contribution in [0.25, 0.3) is 0 Å². The van der Waals surface area contributed by atoms with E-state index in [0.29, 0.717) is 5.56 Å². The molecule has 30 heavy (non-hydrogen) atoms. The van der Waals surface area contributed by atoms with Crippen molar-refractivity contribution in [1.29, 1.82) is 0 Å². The molecule has 0 saturated carbocycles. The fourth-order valence-corrected chi connectivity index (χ4v) is 2.99. The average Bonchev–Trinajstić information content (AvgIpc) is 2.69. The molecule has 1 aromatic carbocycles. The highest BCUT2D eigenvalue weighted by molar-refractivity contribution is 5.89. The number of esters is 4. The van der Waals surface area contributed by atoms with Crippen molar-refractivity contribution in [3.05, 3.63) is 35.9 Å². The number of hydrogen-bond acceptors (Lipinski definition) is 10. The first kappa shape index (κ1) is 23.3. The third kappa shape index (κ3) is 6.26. The summed E-state index contributed by atoms with van der Waals surface area (Å²) in [5.74, 6) is -2.71. The van der Waals surface area contributed by atoms with Crippen LogP contribution in [0.15, 0.2) is 30.3 Å². The minimum absolute atomic E-state index is 0.315. The van der Waals surface area contributed by atoms with Crippen LogP contribution >= 0.6 is 0 Å². The maximum Gasteiger partial charge on any atom is 0.338 e. The lowest BCUT2D eigenvalue weighted by Crippen LogP contribution is -2.62. The quantitative estimate of drug-likeness (QED) is 0.463. The average molecular weight is 424 g/mol. The Balaban J connectivity index is 2.27. The van der Waals surface area contributed by atoms with Crippen LogP contribution in [0.3, 0.4) is 0 Å². The van der Waals surface area contributed by atoms with Crippen molar-refractivity contribution in [1.82, 2.24) is 0 Å². The van der Waals surface area contributed by atoms with E-state index in [1.54, 1.807) is 30.3 Å². The maximum absolute atomic E-state index is 12.3. The Morgan fingerprint density at radius 3 is 1.90 bits per heavy atom. The highest BCUT2D eigenvalue weighted by Gasteiger charge is 2.52. The Bertz CT molecular complexity index is 762. The molecule has 1 fully saturated rings. The Morgan fingerprint density at radius 2 is 1.37 bits per heavy atom. The standard InChI is InChI=1S/C20H24O10/c1-11(21)27-16-15(10-26-19(24)14-8-6-5-7-9-14)30-20(25-4)18(29-13(3)23)17(16)28-12(2)22/h5-9,15-18,20H,10H2,1-4H3/t15-,16+,17+,18-,20+/m1/s1. The van der Waals surface area contributed by atoms with Crippen LogP contribution in [-0.4, -0.2) is 68.3 Å². The van der Waals surface area contributed by atoms with Gasteiger partial charge < -0.3 is 28.4 Å². The highest BCUT2D eigenvalue weighted by Crippen LogP contribution is 2.29. The van der Waals surface area contributed by atoms with E-state index in [9.17, 15) is 19.2 Å². The zero-order valence-corrected chi connectivity index (χ0v) is 17.1. The molecule has 0 N–H and O–H groups in total. The van der Waals surface area contributed by atoms with Gasteiger partial charge in [-0.25, -0.2) is 4.79 Å². The summed E-state index contributed by atoms with van der Waals surface area (Å²) in [7, 11) is 1.30. The molecule has 10 nitrogen and oxygen atoms in total. The Hall–Kier alpha value is -2.98. The van der Waals surface area contributed by atoms with Crippen molar-refractivity contribution in [2.45, 2.75) is 51.5 Å². The number of carbonyl (C=O) groups excluding carboxylic acids is 4. The van der Waals surface area contributed by atoms with Crippen molar-refractivity contribution in [3.63, 3.8) is 0 Å². The predicted molar refractivity (Wildman–Crippen MR) is 99.1 cm³/mol. The second-order valence-electron chi connectivity index (χ2n) is 6.47. The van der Waals surface area contributed by atoms with Crippen LogP contribution < -0.4 is 0 Å². The molecule has 1 aliphatic heterocycles. The summed E-state index contributed by atoms with van der Waals surface area (Å²) in [6.45, 7) is 3.13. The molecule has 164 valence electrons. The van der Waals surface area contributed by atoms with Crippen molar-refractivity contribution >= 4 is 23.9 Å². The molecule has 0 unspecified atom stereocenters. The number of methoxy groups -OCH3 is 1. The van der Waals surface area contributed by atoms with Crippen LogP contribution in [0.1, 0.15) is 31.1 Å². The molecule has 1 saturated heterocycles. The molecule has 5 atom stereocenters. The van der Waals surface area contributed by atoms with Gasteiger partial charge in [-0.15, -0.1) is 0 Å². The lowest BCUT2D eigenvalue weighted by Gasteiger charge is -2.43. The summed E-state index contributed by atoms with van der Waals surface area (Å²) in [5.41, 5.74) is 0.315. The van der Waals surface area contributed by atoms with Crippen LogP contribution in [0.5, 0.6) is 0 Å². The van der Waals surface area contributed by atoms with Crippen LogP contribution in [0, 0.1) is 0 Å². The minimum atomic E-state index is -1.24. The largest absolute Gasteiger partial charge is 0.459 e. The molecule has 0 amide bonds. The SMILES string of the molecule is CO[C@H]1O[C@H](COC(=O)c2ccccc2)[C@H](OC(C)=O)[C@H](OC(C)=O)[C@H]1OC(C)=O. The molecule has 0 aliphatic carbocycles. The smallest absolute Gasteiger partial charge is 0.338 e. The normalized spacial score (nSPS) is 25.7. The van der Waals surface area contributed by atoms with E-state index >= 15 is 0 Å². The first-order chi connectivity index (χ1) is 14.2. The van der Waals surface area contributed by atoms with Gasteiger partial charge in [-0.1, -0.05) is 18.2 Å². The summed E-state index contributed by atoms with van der Waals surface area (Å²) in [4.78, 5) is 47.1. The van der Waals surface area contributed by atoms with Gasteiger partial charge in [0.1, 0.15) is 12.7 Å². The molecule has 10 heteroatoms. The van der Waals surface area contributed by atoms with Gasteiger partial charge in [-0.2, -0.15) is 0 Å². The van der Waals surface area contributed by atoms with Gasteiger partial charge >= 0.3 is 23.9 Å². The number of carbonyl (C=O) groups is 4. The summed E-state index contributed by atoms with van der Waals surface area (Å²) >= 11 is 0. The molecule has 1 heterocycles. The molecule has 1 aliphatic rings.